The summed E-state index contributed by atoms with van der Waals surface area (Å²) in [6, 6.07) is 9.41. The molecule has 1 aromatic carbocycles. The third-order valence-corrected chi connectivity index (χ3v) is 1.50. The van der Waals surface area contributed by atoms with Crippen molar-refractivity contribution in [1.82, 2.24) is 5.48 Å². The normalized spacial score (nSPS) is 8.62. The summed E-state index contributed by atoms with van der Waals surface area (Å²) in [6.07, 6.45) is 0. The third kappa shape index (κ3) is 3.90. The Morgan fingerprint density at radius 3 is 2.46 bits per heavy atom. The fourth-order valence-electron chi connectivity index (χ4n) is 0.853. The number of nitrogens with one attached hydrogen (secondary N) is 1. The van der Waals surface area contributed by atoms with Gasteiger partial charge in [-0.3, -0.25) is 0 Å². The molecule has 0 heterocycles. The molecule has 0 spiro atoms. The third-order valence-electron chi connectivity index (χ3n) is 1.50. The SMILES string of the molecule is CONCc1ccc(C#N)cc1.Cl. The van der Waals surface area contributed by atoms with E-state index in [1.807, 2.05) is 12.1 Å². The van der Waals surface area contributed by atoms with Crippen LogP contribution in [0.4, 0.5) is 0 Å². The first kappa shape index (κ1) is 11.9. The summed E-state index contributed by atoms with van der Waals surface area (Å²) in [5, 5.41) is 8.51. The Kier molecular flexibility index (Phi) is 5.90. The first-order valence-corrected chi connectivity index (χ1v) is 3.61. The van der Waals surface area contributed by atoms with E-state index in [1.165, 1.54) is 0 Å². The summed E-state index contributed by atoms with van der Waals surface area (Å²) >= 11 is 0. The topological polar surface area (TPSA) is 45.0 Å². The first-order valence-electron chi connectivity index (χ1n) is 3.61. The highest BCUT2D eigenvalue weighted by molar-refractivity contribution is 5.85. The molecule has 0 fully saturated rings. The number of hydroxylamine groups is 1. The number of hydrogen-bond donors (Lipinski definition) is 1. The fourth-order valence-corrected chi connectivity index (χ4v) is 0.853. The molecule has 0 radical (unpaired) electrons. The molecule has 0 aliphatic heterocycles. The van der Waals surface area contributed by atoms with Gasteiger partial charge in [-0.15, -0.1) is 12.4 Å². The van der Waals surface area contributed by atoms with E-state index in [0.717, 1.165) is 5.56 Å². The lowest BCUT2D eigenvalue weighted by atomic mass is 10.1. The standard InChI is InChI=1S/C9H10N2O.ClH/c1-12-11-7-9-4-2-8(6-10)3-5-9;/h2-5,11H,7H2,1H3;1H. The molecule has 0 saturated heterocycles. The van der Waals surface area contributed by atoms with Crippen LogP contribution in [0, 0.1) is 11.3 Å². The average molecular weight is 199 g/mol. The molecule has 70 valence electrons. The fraction of sp³-hybridized carbons (Fsp3) is 0.222. The van der Waals surface area contributed by atoms with Crippen molar-refractivity contribution >= 4 is 12.4 Å². The molecule has 0 amide bonds. The first-order chi connectivity index (χ1) is 5.86. The maximum atomic E-state index is 8.51. The number of benzene rings is 1. The van der Waals surface area contributed by atoms with Crippen LogP contribution in [-0.2, 0) is 11.4 Å². The second kappa shape index (κ2) is 6.44. The van der Waals surface area contributed by atoms with Gasteiger partial charge < -0.3 is 4.84 Å². The largest absolute Gasteiger partial charge is 0.305 e. The minimum Gasteiger partial charge on any atom is -0.305 e. The minimum absolute atomic E-state index is 0. The zero-order valence-corrected chi connectivity index (χ0v) is 8.10. The predicted molar refractivity (Wildman–Crippen MR) is 52.3 cm³/mol. The van der Waals surface area contributed by atoms with Crippen LogP contribution in [0.5, 0.6) is 0 Å². The van der Waals surface area contributed by atoms with Gasteiger partial charge in [-0.1, -0.05) is 12.1 Å². The van der Waals surface area contributed by atoms with E-state index in [1.54, 1.807) is 19.2 Å². The zero-order chi connectivity index (χ0) is 8.81. The Balaban J connectivity index is 0.00000144. The van der Waals surface area contributed by atoms with Crippen LogP contribution in [0.25, 0.3) is 0 Å². The molecule has 0 aliphatic rings. The number of nitrogens with zero attached hydrogens (tertiary/aromatic N) is 1. The lowest BCUT2D eigenvalue weighted by molar-refractivity contribution is 0.0867. The van der Waals surface area contributed by atoms with E-state index in [-0.39, 0.29) is 12.4 Å². The van der Waals surface area contributed by atoms with Crippen LogP contribution in [0.3, 0.4) is 0 Å². The van der Waals surface area contributed by atoms with E-state index in [2.05, 4.69) is 16.4 Å². The lowest BCUT2D eigenvalue weighted by Crippen LogP contribution is -2.10. The van der Waals surface area contributed by atoms with E-state index in [9.17, 15) is 0 Å². The van der Waals surface area contributed by atoms with Gasteiger partial charge in [0.1, 0.15) is 0 Å². The van der Waals surface area contributed by atoms with Crippen LogP contribution in [0.2, 0.25) is 0 Å². The van der Waals surface area contributed by atoms with E-state index >= 15 is 0 Å². The van der Waals surface area contributed by atoms with Gasteiger partial charge >= 0.3 is 0 Å². The van der Waals surface area contributed by atoms with Crippen LogP contribution < -0.4 is 5.48 Å². The van der Waals surface area contributed by atoms with Crippen LogP contribution >= 0.6 is 12.4 Å². The summed E-state index contributed by atoms with van der Waals surface area (Å²) < 4.78 is 0. The van der Waals surface area contributed by atoms with Crippen molar-refractivity contribution in [3.8, 4) is 6.07 Å². The molecule has 0 bridgehead atoms. The highest BCUT2D eigenvalue weighted by atomic mass is 35.5. The van der Waals surface area contributed by atoms with Crippen molar-refractivity contribution in [1.29, 1.82) is 5.26 Å². The van der Waals surface area contributed by atoms with Gasteiger partial charge in [0.15, 0.2) is 0 Å². The molecule has 0 aliphatic carbocycles. The second-order valence-corrected chi connectivity index (χ2v) is 2.33. The Hall–Kier alpha value is -1.08. The number of halogens is 1. The number of hydrogen-bond acceptors (Lipinski definition) is 3. The van der Waals surface area contributed by atoms with Crippen molar-refractivity contribution in [3.63, 3.8) is 0 Å². The Morgan fingerprint density at radius 1 is 1.38 bits per heavy atom. The maximum absolute atomic E-state index is 8.51. The molecule has 4 heteroatoms. The summed E-state index contributed by atoms with van der Waals surface area (Å²) in [5.74, 6) is 0. The monoisotopic (exact) mass is 198 g/mol. The zero-order valence-electron chi connectivity index (χ0n) is 7.28. The van der Waals surface area contributed by atoms with Gasteiger partial charge in [0, 0.05) is 6.54 Å². The van der Waals surface area contributed by atoms with E-state index in [4.69, 9.17) is 5.26 Å². The van der Waals surface area contributed by atoms with Crippen molar-refractivity contribution < 1.29 is 4.84 Å². The summed E-state index contributed by atoms with van der Waals surface area (Å²) in [7, 11) is 1.57. The van der Waals surface area contributed by atoms with Gasteiger partial charge in [-0.05, 0) is 17.7 Å². The molecule has 0 unspecified atom stereocenters. The van der Waals surface area contributed by atoms with Gasteiger partial charge in [0.2, 0.25) is 0 Å². The predicted octanol–water partition coefficient (Wildman–Crippen LogP) is 1.63. The quantitative estimate of drug-likeness (QED) is 0.751. The van der Waals surface area contributed by atoms with Gasteiger partial charge in [-0.25, -0.2) is 0 Å². The molecule has 0 aromatic heterocycles. The van der Waals surface area contributed by atoms with Crippen LogP contribution in [0.15, 0.2) is 24.3 Å². The van der Waals surface area contributed by atoms with Gasteiger partial charge in [0.25, 0.3) is 0 Å². The second-order valence-electron chi connectivity index (χ2n) is 2.33. The Labute approximate surface area is 83.7 Å². The molecule has 0 atom stereocenters. The van der Waals surface area contributed by atoms with Crippen LogP contribution in [0.1, 0.15) is 11.1 Å². The highest BCUT2D eigenvalue weighted by Crippen LogP contribution is 2.02. The summed E-state index contributed by atoms with van der Waals surface area (Å²) in [5.41, 5.74) is 4.49. The van der Waals surface area contributed by atoms with Crippen molar-refractivity contribution in [3.05, 3.63) is 35.4 Å². The Bertz CT molecular complexity index is 279. The Morgan fingerprint density at radius 2 is 2.00 bits per heavy atom. The number of nitriles is 1. The highest BCUT2D eigenvalue weighted by Gasteiger charge is 1.91. The molecule has 1 rings (SSSR count). The molecule has 1 aromatic rings. The van der Waals surface area contributed by atoms with Crippen molar-refractivity contribution in [2.45, 2.75) is 6.54 Å². The van der Waals surface area contributed by atoms with Crippen LogP contribution in [-0.4, -0.2) is 7.11 Å². The molecule has 13 heavy (non-hydrogen) atoms. The average Bonchev–Trinajstić information content (AvgIpc) is 2.15. The van der Waals surface area contributed by atoms with Crippen molar-refractivity contribution in [2.75, 3.05) is 7.11 Å². The van der Waals surface area contributed by atoms with Crippen molar-refractivity contribution in [2.24, 2.45) is 0 Å². The molecule has 1 N–H and O–H groups in total. The smallest absolute Gasteiger partial charge is 0.0991 e. The summed E-state index contributed by atoms with van der Waals surface area (Å²) in [4.78, 5) is 4.69. The van der Waals surface area contributed by atoms with Gasteiger partial charge in [-0.2, -0.15) is 10.7 Å². The molecular formula is C9H11ClN2O. The number of rotatable bonds is 3. The summed E-state index contributed by atoms with van der Waals surface area (Å²) in [6.45, 7) is 0.655. The molecule has 0 saturated carbocycles. The minimum atomic E-state index is 0. The van der Waals surface area contributed by atoms with Gasteiger partial charge in [0.05, 0.1) is 18.7 Å². The molecular weight excluding hydrogens is 188 g/mol. The molecule has 3 nitrogen and oxygen atoms in total. The lowest BCUT2D eigenvalue weighted by Gasteiger charge is -2.00. The maximum Gasteiger partial charge on any atom is 0.0991 e. The van der Waals surface area contributed by atoms with E-state index < -0.39 is 0 Å². The van der Waals surface area contributed by atoms with E-state index in [0.29, 0.717) is 12.1 Å².